The Labute approximate surface area is 75.6 Å². The molecule has 0 saturated heterocycles. The molecule has 0 atom stereocenters. The lowest BCUT2D eigenvalue weighted by molar-refractivity contribution is 0.245. The highest BCUT2D eigenvalue weighted by molar-refractivity contribution is 4.58. The Bertz CT molecular complexity index is 89.8. The lowest BCUT2D eigenvalue weighted by Crippen LogP contribution is -1.83. The van der Waals surface area contributed by atoms with Crippen molar-refractivity contribution < 1.29 is 9.84 Å². The summed E-state index contributed by atoms with van der Waals surface area (Å²) in [6.45, 7) is 11.4. The number of aliphatic hydroxyl groups is 1. The van der Waals surface area contributed by atoms with E-state index in [9.17, 15) is 0 Å². The molecule has 0 unspecified atom stereocenters. The molecule has 0 aliphatic carbocycles. The molecule has 71 valence electrons. The van der Waals surface area contributed by atoms with Crippen molar-refractivity contribution in [2.45, 2.75) is 26.2 Å². The van der Waals surface area contributed by atoms with Crippen LogP contribution < -0.4 is 0 Å². The van der Waals surface area contributed by atoms with Gasteiger partial charge in [0.15, 0.2) is 0 Å². The minimum atomic E-state index is 0.163. The fourth-order valence-electron chi connectivity index (χ4n) is 0.386. The molecule has 0 aliphatic rings. The molecule has 0 aromatic rings. The van der Waals surface area contributed by atoms with Crippen molar-refractivity contribution in [1.82, 2.24) is 0 Å². The van der Waals surface area contributed by atoms with Gasteiger partial charge in [0.2, 0.25) is 0 Å². The van der Waals surface area contributed by atoms with Crippen molar-refractivity contribution in [3.05, 3.63) is 25.5 Å². The van der Waals surface area contributed by atoms with Gasteiger partial charge in [-0.15, -0.1) is 0 Å². The maximum Gasteiger partial charge on any atom is 0.0872 e. The van der Waals surface area contributed by atoms with Crippen LogP contribution in [0.5, 0.6) is 0 Å². The summed E-state index contributed by atoms with van der Waals surface area (Å²) in [6.07, 6.45) is 5.83. The molecule has 1 N–H and O–H groups in total. The predicted octanol–water partition coefficient (Wildman–Crippen LogP) is 2.30. The average molecular weight is 171 g/mol. The van der Waals surface area contributed by atoms with Crippen LogP contribution in [0.15, 0.2) is 18.9 Å². The Kier molecular flexibility index (Phi) is 19.2. The number of hydrogen-bond donors (Lipinski definition) is 1. The van der Waals surface area contributed by atoms with E-state index in [1.807, 2.05) is 0 Å². The van der Waals surface area contributed by atoms with Crippen molar-refractivity contribution in [1.29, 1.82) is 0 Å². The first kappa shape index (κ1) is 13.8. The van der Waals surface area contributed by atoms with Gasteiger partial charge in [-0.25, -0.2) is 0 Å². The second kappa shape index (κ2) is 16.7. The van der Waals surface area contributed by atoms with Gasteiger partial charge in [0.05, 0.1) is 12.9 Å². The minimum Gasteiger partial charge on any atom is -0.502 e. The standard InChI is InChI=1S/C6H12O.C4H7O/c1-3-5-6-7-4-2;1-2-3-4-5/h4H,2-3,5-6H2,1H3;1-2,5H,3-4H2. The molecule has 0 heterocycles. The second-order valence-corrected chi connectivity index (χ2v) is 2.14. The Morgan fingerprint density at radius 1 is 1.58 bits per heavy atom. The Balaban J connectivity index is 0. The van der Waals surface area contributed by atoms with E-state index in [1.54, 1.807) is 0 Å². The monoisotopic (exact) mass is 171 g/mol. The smallest absolute Gasteiger partial charge is 0.0872 e. The lowest BCUT2D eigenvalue weighted by atomic mass is 10.4. The van der Waals surface area contributed by atoms with E-state index in [2.05, 4.69) is 13.5 Å². The fourth-order valence-corrected chi connectivity index (χ4v) is 0.386. The maximum atomic E-state index is 7.96. The topological polar surface area (TPSA) is 29.5 Å². The summed E-state index contributed by atoms with van der Waals surface area (Å²) in [5.74, 6) is 0. The molecule has 0 fully saturated rings. The van der Waals surface area contributed by atoms with Gasteiger partial charge in [-0.3, -0.25) is 0 Å². The van der Waals surface area contributed by atoms with Crippen molar-refractivity contribution in [3.63, 3.8) is 0 Å². The maximum absolute atomic E-state index is 7.96. The lowest BCUT2D eigenvalue weighted by Gasteiger charge is -1.93. The first-order valence-corrected chi connectivity index (χ1v) is 4.20. The van der Waals surface area contributed by atoms with Gasteiger partial charge < -0.3 is 9.84 Å². The minimum absolute atomic E-state index is 0.163. The summed E-state index contributed by atoms with van der Waals surface area (Å²) in [5, 5.41) is 7.96. The van der Waals surface area contributed by atoms with Gasteiger partial charge in [-0.05, 0) is 12.8 Å². The summed E-state index contributed by atoms with van der Waals surface area (Å²) in [5.41, 5.74) is 0. The number of rotatable bonds is 6. The van der Waals surface area contributed by atoms with Crippen LogP contribution in [0.3, 0.4) is 0 Å². The van der Waals surface area contributed by atoms with Crippen LogP contribution >= 0.6 is 0 Å². The van der Waals surface area contributed by atoms with Crippen molar-refractivity contribution in [2.24, 2.45) is 0 Å². The third-order valence-electron chi connectivity index (χ3n) is 1.03. The van der Waals surface area contributed by atoms with E-state index in [4.69, 9.17) is 16.4 Å². The van der Waals surface area contributed by atoms with E-state index in [-0.39, 0.29) is 6.61 Å². The summed E-state index contributed by atoms with van der Waals surface area (Å²) >= 11 is 0. The number of hydrogen-bond acceptors (Lipinski definition) is 2. The normalized spacial score (nSPS) is 7.83. The quantitative estimate of drug-likeness (QED) is 0.491. The van der Waals surface area contributed by atoms with E-state index in [0.717, 1.165) is 13.0 Å². The zero-order chi connectivity index (χ0) is 9.66. The van der Waals surface area contributed by atoms with Gasteiger partial charge in [0.1, 0.15) is 0 Å². The molecular weight excluding hydrogens is 152 g/mol. The van der Waals surface area contributed by atoms with Gasteiger partial charge in [-0.1, -0.05) is 32.6 Å². The fraction of sp³-hybridized carbons (Fsp3) is 0.600. The Morgan fingerprint density at radius 2 is 2.25 bits per heavy atom. The zero-order valence-electron chi connectivity index (χ0n) is 7.83. The zero-order valence-corrected chi connectivity index (χ0v) is 7.83. The summed E-state index contributed by atoms with van der Waals surface area (Å²) in [4.78, 5) is 0. The highest BCUT2D eigenvalue weighted by Gasteiger charge is 1.76. The van der Waals surface area contributed by atoms with Crippen molar-refractivity contribution in [2.75, 3.05) is 13.2 Å². The largest absolute Gasteiger partial charge is 0.502 e. The van der Waals surface area contributed by atoms with E-state index >= 15 is 0 Å². The molecule has 0 aromatic heterocycles. The van der Waals surface area contributed by atoms with Crippen molar-refractivity contribution >= 4 is 0 Å². The third kappa shape index (κ3) is 22.8. The van der Waals surface area contributed by atoms with Gasteiger partial charge >= 0.3 is 0 Å². The van der Waals surface area contributed by atoms with E-state index in [0.29, 0.717) is 6.42 Å². The molecule has 0 spiro atoms. The highest BCUT2D eigenvalue weighted by Crippen LogP contribution is 1.85. The van der Waals surface area contributed by atoms with Crippen LogP contribution in [0, 0.1) is 6.58 Å². The van der Waals surface area contributed by atoms with Gasteiger partial charge in [0, 0.05) is 6.61 Å². The predicted molar refractivity (Wildman–Crippen MR) is 51.6 cm³/mol. The molecule has 2 heteroatoms. The molecule has 1 radical (unpaired) electrons. The highest BCUT2D eigenvalue weighted by atomic mass is 16.5. The molecule has 0 aliphatic heterocycles. The molecule has 0 aromatic carbocycles. The van der Waals surface area contributed by atoms with E-state index < -0.39 is 0 Å². The SMILES string of the molecule is C=COCCCC.[CH]=CCCO. The van der Waals surface area contributed by atoms with E-state index in [1.165, 1.54) is 18.8 Å². The van der Waals surface area contributed by atoms with Crippen LogP contribution in [-0.4, -0.2) is 18.3 Å². The van der Waals surface area contributed by atoms with Crippen LogP contribution in [0.4, 0.5) is 0 Å². The summed E-state index contributed by atoms with van der Waals surface area (Å²) < 4.78 is 4.84. The van der Waals surface area contributed by atoms with Gasteiger partial charge in [0.25, 0.3) is 0 Å². The van der Waals surface area contributed by atoms with Gasteiger partial charge in [-0.2, -0.15) is 0 Å². The third-order valence-corrected chi connectivity index (χ3v) is 1.03. The van der Waals surface area contributed by atoms with Crippen LogP contribution in [0.25, 0.3) is 0 Å². The first-order chi connectivity index (χ1) is 5.83. The van der Waals surface area contributed by atoms with Crippen molar-refractivity contribution in [3.8, 4) is 0 Å². The van der Waals surface area contributed by atoms with Crippen LogP contribution in [0.1, 0.15) is 26.2 Å². The summed E-state index contributed by atoms with van der Waals surface area (Å²) in [6, 6.07) is 0. The number of aliphatic hydroxyl groups excluding tert-OH is 1. The number of ether oxygens (including phenoxy) is 1. The van der Waals surface area contributed by atoms with Crippen LogP contribution in [0.2, 0.25) is 0 Å². The molecule has 0 bridgehead atoms. The molecule has 12 heavy (non-hydrogen) atoms. The average Bonchev–Trinajstić information content (AvgIpc) is 2.08. The summed E-state index contributed by atoms with van der Waals surface area (Å²) in [7, 11) is 0. The molecule has 0 rings (SSSR count). The van der Waals surface area contributed by atoms with Crippen LogP contribution in [-0.2, 0) is 4.74 Å². The molecule has 0 amide bonds. The second-order valence-electron chi connectivity index (χ2n) is 2.14. The molecule has 0 saturated carbocycles. The molecular formula is C10H19O2. The molecule has 2 nitrogen and oxygen atoms in total. The Hall–Kier alpha value is -0.760. The number of unbranched alkanes of at least 4 members (excludes halogenated alkanes) is 1. The Morgan fingerprint density at radius 3 is 2.50 bits per heavy atom. The first-order valence-electron chi connectivity index (χ1n) is 4.20.